The van der Waals surface area contributed by atoms with Gasteiger partial charge in [-0.05, 0) is 12.1 Å². The van der Waals surface area contributed by atoms with Crippen LogP contribution in [-0.2, 0) is 0 Å². The van der Waals surface area contributed by atoms with Crippen LogP contribution in [0.4, 0.5) is 5.82 Å². The molecule has 0 aliphatic rings. The maximum Gasteiger partial charge on any atom is 0.180 e. The Hall–Kier alpha value is -1.75. The summed E-state index contributed by atoms with van der Waals surface area (Å²) in [4.78, 5) is 15.0. The van der Waals surface area contributed by atoms with E-state index in [2.05, 4.69) is 39.0 Å². The lowest BCUT2D eigenvalue weighted by Crippen LogP contribution is -2.33. The molecule has 0 saturated heterocycles. The molecule has 0 bridgehead atoms. The van der Waals surface area contributed by atoms with Gasteiger partial charge >= 0.3 is 0 Å². The molecule has 0 fully saturated rings. The van der Waals surface area contributed by atoms with Crippen molar-refractivity contribution in [2.45, 2.75) is 19.9 Å². The van der Waals surface area contributed by atoms with Crippen LogP contribution in [0.3, 0.4) is 0 Å². The van der Waals surface area contributed by atoms with Gasteiger partial charge < -0.3 is 10.2 Å². The molecule has 0 atom stereocenters. The lowest BCUT2D eigenvalue weighted by molar-refractivity contribution is 0.588. The van der Waals surface area contributed by atoms with Gasteiger partial charge in [-0.1, -0.05) is 13.8 Å². The third-order valence-electron chi connectivity index (χ3n) is 2.71. The van der Waals surface area contributed by atoms with Crippen LogP contribution in [0.5, 0.6) is 0 Å². The van der Waals surface area contributed by atoms with E-state index in [0.717, 1.165) is 24.4 Å². The second-order valence-electron chi connectivity index (χ2n) is 4.60. The first-order chi connectivity index (χ1) is 8.66. The molecule has 2 rings (SSSR count). The molecular formula is C13H19N5. The molecule has 0 radical (unpaired) electrons. The zero-order valence-electron chi connectivity index (χ0n) is 11.1. The molecule has 0 saturated carbocycles. The molecule has 2 aromatic rings. The maximum atomic E-state index is 4.50. The first-order valence-corrected chi connectivity index (χ1v) is 6.19. The van der Waals surface area contributed by atoms with Gasteiger partial charge in [-0.25, -0.2) is 9.97 Å². The van der Waals surface area contributed by atoms with Gasteiger partial charge in [-0.3, -0.25) is 4.98 Å². The summed E-state index contributed by atoms with van der Waals surface area (Å²) in [6.07, 6.45) is 3.35. The normalized spacial score (nSPS) is 11.1. The molecule has 1 N–H and O–H groups in total. The SMILES string of the molecule is CC(C)NCCN(C)c1ccc2nccnc2n1. The predicted molar refractivity (Wildman–Crippen MR) is 73.7 cm³/mol. The molecule has 0 spiro atoms. The summed E-state index contributed by atoms with van der Waals surface area (Å²) in [5.41, 5.74) is 1.52. The van der Waals surface area contributed by atoms with E-state index >= 15 is 0 Å². The first kappa shape index (κ1) is 12.7. The van der Waals surface area contributed by atoms with Gasteiger partial charge in [-0.15, -0.1) is 0 Å². The van der Waals surface area contributed by atoms with Crippen LogP contribution in [0.1, 0.15) is 13.8 Å². The molecule has 2 heterocycles. The van der Waals surface area contributed by atoms with Crippen LogP contribution in [0, 0.1) is 0 Å². The summed E-state index contributed by atoms with van der Waals surface area (Å²) in [5.74, 6) is 0.925. The van der Waals surface area contributed by atoms with Gasteiger partial charge in [0.25, 0.3) is 0 Å². The van der Waals surface area contributed by atoms with E-state index in [1.807, 2.05) is 19.2 Å². The van der Waals surface area contributed by atoms with Gasteiger partial charge in [0, 0.05) is 38.6 Å². The predicted octanol–water partition coefficient (Wildman–Crippen LogP) is 1.46. The lowest BCUT2D eigenvalue weighted by atomic mass is 10.3. The molecule has 0 aliphatic carbocycles. The zero-order chi connectivity index (χ0) is 13.0. The highest BCUT2D eigenvalue weighted by Crippen LogP contribution is 2.12. The number of rotatable bonds is 5. The van der Waals surface area contributed by atoms with Crippen molar-refractivity contribution in [3.63, 3.8) is 0 Å². The van der Waals surface area contributed by atoms with Crippen LogP contribution in [-0.4, -0.2) is 41.1 Å². The Bertz CT molecular complexity index is 511. The van der Waals surface area contributed by atoms with Crippen molar-refractivity contribution >= 4 is 17.0 Å². The van der Waals surface area contributed by atoms with Crippen LogP contribution in [0.2, 0.25) is 0 Å². The summed E-state index contributed by atoms with van der Waals surface area (Å²) in [6.45, 7) is 6.14. The Kier molecular flexibility index (Phi) is 4.04. The molecule has 18 heavy (non-hydrogen) atoms. The van der Waals surface area contributed by atoms with Crippen LogP contribution >= 0.6 is 0 Å². The highest BCUT2D eigenvalue weighted by molar-refractivity contribution is 5.71. The van der Waals surface area contributed by atoms with Crippen LogP contribution in [0.25, 0.3) is 11.2 Å². The Labute approximate surface area is 107 Å². The average molecular weight is 245 g/mol. The summed E-state index contributed by atoms with van der Waals surface area (Å²) in [6, 6.07) is 4.44. The molecule has 0 amide bonds. The molecule has 0 unspecified atom stereocenters. The van der Waals surface area contributed by atoms with E-state index in [1.165, 1.54) is 0 Å². The van der Waals surface area contributed by atoms with Gasteiger partial charge in [0.2, 0.25) is 0 Å². The minimum absolute atomic E-state index is 0.508. The maximum absolute atomic E-state index is 4.50. The van der Waals surface area contributed by atoms with Crippen molar-refractivity contribution in [2.24, 2.45) is 0 Å². The number of nitrogens with one attached hydrogen (secondary N) is 1. The van der Waals surface area contributed by atoms with Gasteiger partial charge in [0.05, 0.1) is 0 Å². The van der Waals surface area contributed by atoms with E-state index in [9.17, 15) is 0 Å². The monoisotopic (exact) mass is 245 g/mol. The smallest absolute Gasteiger partial charge is 0.180 e. The standard InChI is InChI=1S/C13H19N5/c1-10(2)14-8-9-18(3)12-5-4-11-13(17-12)16-7-6-15-11/h4-7,10,14H,8-9H2,1-3H3. The fraction of sp³-hybridized carbons (Fsp3) is 0.462. The molecule has 2 aromatic heterocycles. The largest absolute Gasteiger partial charge is 0.358 e. The number of hydrogen-bond acceptors (Lipinski definition) is 5. The quantitative estimate of drug-likeness (QED) is 0.864. The van der Waals surface area contributed by atoms with Crippen molar-refractivity contribution in [1.29, 1.82) is 0 Å². The highest BCUT2D eigenvalue weighted by atomic mass is 15.2. The summed E-state index contributed by atoms with van der Waals surface area (Å²) in [7, 11) is 2.03. The van der Waals surface area contributed by atoms with E-state index in [0.29, 0.717) is 11.7 Å². The molecule has 5 nitrogen and oxygen atoms in total. The first-order valence-electron chi connectivity index (χ1n) is 6.19. The fourth-order valence-electron chi connectivity index (χ4n) is 1.69. The van der Waals surface area contributed by atoms with Crippen LogP contribution in [0.15, 0.2) is 24.5 Å². The van der Waals surface area contributed by atoms with Gasteiger partial charge in [-0.2, -0.15) is 0 Å². The number of likely N-dealkylation sites (N-methyl/N-ethyl adjacent to an activating group) is 1. The number of anilines is 1. The van der Waals surface area contributed by atoms with Crippen molar-refractivity contribution in [3.05, 3.63) is 24.5 Å². The van der Waals surface area contributed by atoms with E-state index in [-0.39, 0.29) is 0 Å². The highest BCUT2D eigenvalue weighted by Gasteiger charge is 2.04. The third kappa shape index (κ3) is 3.13. The zero-order valence-corrected chi connectivity index (χ0v) is 11.1. The van der Waals surface area contributed by atoms with Crippen molar-refractivity contribution < 1.29 is 0 Å². The van der Waals surface area contributed by atoms with E-state index < -0.39 is 0 Å². The van der Waals surface area contributed by atoms with Crippen molar-refractivity contribution in [2.75, 3.05) is 25.0 Å². The molecule has 0 aliphatic heterocycles. The third-order valence-corrected chi connectivity index (χ3v) is 2.71. The number of hydrogen-bond donors (Lipinski definition) is 1. The average Bonchev–Trinajstić information content (AvgIpc) is 2.37. The summed E-state index contributed by atoms with van der Waals surface area (Å²) < 4.78 is 0. The number of aromatic nitrogens is 3. The second kappa shape index (κ2) is 5.73. The minimum Gasteiger partial charge on any atom is -0.358 e. The van der Waals surface area contributed by atoms with Crippen molar-refractivity contribution in [3.8, 4) is 0 Å². The van der Waals surface area contributed by atoms with Crippen LogP contribution < -0.4 is 10.2 Å². The van der Waals surface area contributed by atoms with Gasteiger partial charge in [0.1, 0.15) is 11.3 Å². The summed E-state index contributed by atoms with van der Waals surface area (Å²) in [5, 5.41) is 3.39. The van der Waals surface area contributed by atoms with Gasteiger partial charge in [0.15, 0.2) is 5.65 Å². The number of nitrogens with zero attached hydrogens (tertiary/aromatic N) is 4. The molecule has 5 heteroatoms. The number of pyridine rings is 1. The fourth-order valence-corrected chi connectivity index (χ4v) is 1.69. The Morgan fingerprint density at radius 3 is 2.78 bits per heavy atom. The Balaban J connectivity index is 2.06. The topological polar surface area (TPSA) is 53.9 Å². The lowest BCUT2D eigenvalue weighted by Gasteiger charge is -2.19. The Morgan fingerprint density at radius 2 is 2.00 bits per heavy atom. The van der Waals surface area contributed by atoms with E-state index in [4.69, 9.17) is 0 Å². The van der Waals surface area contributed by atoms with Crippen molar-refractivity contribution in [1.82, 2.24) is 20.3 Å². The molecular weight excluding hydrogens is 226 g/mol. The summed E-state index contributed by atoms with van der Waals surface area (Å²) >= 11 is 0. The minimum atomic E-state index is 0.508. The second-order valence-corrected chi connectivity index (χ2v) is 4.60. The van der Waals surface area contributed by atoms with E-state index in [1.54, 1.807) is 12.4 Å². The number of fused-ring (bicyclic) bond motifs is 1. The molecule has 96 valence electrons. The Morgan fingerprint density at radius 1 is 1.22 bits per heavy atom. The molecule has 0 aromatic carbocycles.